The summed E-state index contributed by atoms with van der Waals surface area (Å²) in [5.41, 5.74) is 5.63. The highest BCUT2D eigenvalue weighted by molar-refractivity contribution is 6.30. The molecule has 5 aromatic rings. The number of fused-ring (bicyclic) bond motifs is 1. The van der Waals surface area contributed by atoms with Crippen LogP contribution in [-0.4, -0.2) is 27.4 Å². The summed E-state index contributed by atoms with van der Waals surface area (Å²) in [5, 5.41) is 23.7. The third kappa shape index (κ3) is 5.21. The molecule has 0 atom stereocenters. The van der Waals surface area contributed by atoms with E-state index in [2.05, 4.69) is 20.7 Å². The molecule has 0 aliphatic rings. The van der Waals surface area contributed by atoms with Gasteiger partial charge in [0.05, 0.1) is 11.9 Å². The third-order valence-corrected chi connectivity index (χ3v) is 5.83. The summed E-state index contributed by atoms with van der Waals surface area (Å²) in [6.07, 6.45) is 1.42. The average molecular weight is 497 g/mol. The number of phenols is 1. The summed E-state index contributed by atoms with van der Waals surface area (Å²) in [6, 6.07) is 27.6. The van der Waals surface area contributed by atoms with Gasteiger partial charge >= 0.3 is 0 Å². The molecule has 4 aromatic carbocycles. The molecule has 0 spiro atoms. The van der Waals surface area contributed by atoms with Gasteiger partial charge in [0, 0.05) is 16.1 Å². The van der Waals surface area contributed by atoms with E-state index < -0.39 is 5.91 Å². The van der Waals surface area contributed by atoms with Crippen LogP contribution in [-0.2, 0) is 6.61 Å². The van der Waals surface area contributed by atoms with Crippen molar-refractivity contribution >= 4 is 34.5 Å². The highest BCUT2D eigenvalue weighted by Gasteiger charge is 2.12. The lowest BCUT2D eigenvalue weighted by molar-refractivity contribution is 0.0950. The van der Waals surface area contributed by atoms with E-state index in [4.69, 9.17) is 16.3 Å². The zero-order chi connectivity index (χ0) is 24.9. The van der Waals surface area contributed by atoms with Crippen LogP contribution in [0.2, 0.25) is 5.02 Å². The Hall–Kier alpha value is -4.62. The number of rotatable bonds is 7. The number of nitrogens with zero attached hydrogens (tertiary/aromatic N) is 2. The van der Waals surface area contributed by atoms with Crippen LogP contribution in [0.25, 0.3) is 22.0 Å². The molecule has 0 saturated heterocycles. The molecule has 5 rings (SSSR count). The van der Waals surface area contributed by atoms with E-state index in [1.54, 1.807) is 12.1 Å². The highest BCUT2D eigenvalue weighted by atomic mass is 35.5. The maximum Gasteiger partial charge on any atom is 0.289 e. The number of aromatic nitrogens is 2. The van der Waals surface area contributed by atoms with Gasteiger partial charge in [-0.3, -0.25) is 9.89 Å². The molecule has 1 amide bonds. The van der Waals surface area contributed by atoms with E-state index in [0.29, 0.717) is 28.6 Å². The topological polar surface area (TPSA) is 99.6 Å². The van der Waals surface area contributed by atoms with Crippen molar-refractivity contribution in [2.75, 3.05) is 0 Å². The average Bonchev–Trinajstić information content (AvgIpc) is 3.40. The summed E-state index contributed by atoms with van der Waals surface area (Å²) in [5.74, 6) is 0.296. The molecule has 8 heteroatoms. The Morgan fingerprint density at radius 3 is 2.72 bits per heavy atom. The van der Waals surface area contributed by atoms with E-state index in [1.807, 2.05) is 78.9 Å². The molecule has 0 aliphatic heterocycles. The van der Waals surface area contributed by atoms with Crippen molar-refractivity contribution in [2.45, 2.75) is 6.61 Å². The van der Waals surface area contributed by atoms with E-state index >= 15 is 0 Å². The Balaban J connectivity index is 1.25. The predicted octanol–water partition coefficient (Wildman–Crippen LogP) is 5.93. The number of halogens is 1. The summed E-state index contributed by atoms with van der Waals surface area (Å²) < 4.78 is 5.88. The maximum absolute atomic E-state index is 12.6. The summed E-state index contributed by atoms with van der Waals surface area (Å²) >= 11 is 5.93. The number of hydrazone groups is 1. The minimum absolute atomic E-state index is 0.0775. The van der Waals surface area contributed by atoms with Crippen molar-refractivity contribution in [3.8, 4) is 22.8 Å². The number of nitrogens with one attached hydrogen (secondary N) is 2. The number of aromatic amines is 1. The van der Waals surface area contributed by atoms with Gasteiger partial charge in [-0.15, -0.1) is 0 Å². The summed E-state index contributed by atoms with van der Waals surface area (Å²) in [6.45, 7) is 0.402. The van der Waals surface area contributed by atoms with Crippen LogP contribution < -0.4 is 10.2 Å². The summed E-state index contributed by atoms with van der Waals surface area (Å²) in [7, 11) is 0. The smallest absolute Gasteiger partial charge is 0.289 e. The van der Waals surface area contributed by atoms with Crippen molar-refractivity contribution in [3.63, 3.8) is 0 Å². The van der Waals surface area contributed by atoms with Crippen LogP contribution in [0.15, 0.2) is 96.1 Å². The molecular formula is C28H21ClN4O3. The molecule has 0 saturated carbocycles. The van der Waals surface area contributed by atoms with Crippen molar-refractivity contribution in [3.05, 3.63) is 113 Å². The molecule has 1 aromatic heterocycles. The largest absolute Gasteiger partial charge is 0.507 e. The first kappa shape index (κ1) is 23.1. The SMILES string of the molecule is O=C(N/N=C\c1c(O)ccc2ccccc12)c1cc(-c2cccc(OCc3ccc(Cl)cc3)c2)n[nH]1. The van der Waals surface area contributed by atoms with E-state index in [-0.39, 0.29) is 11.4 Å². The number of benzene rings is 4. The van der Waals surface area contributed by atoms with Gasteiger partial charge in [-0.25, -0.2) is 5.43 Å². The molecule has 0 fully saturated rings. The Bertz CT molecular complexity index is 1560. The Kier molecular flexibility index (Phi) is 6.64. The molecule has 0 radical (unpaired) electrons. The first-order valence-corrected chi connectivity index (χ1v) is 11.5. The standard InChI is InChI=1S/C28H21ClN4O3/c29-21-11-8-18(9-12-21)17-36-22-6-3-5-20(14-22)25-15-26(32-31-25)28(35)33-30-16-24-23-7-2-1-4-19(23)10-13-27(24)34/h1-16,34H,17H2,(H,31,32)(H,33,35)/b30-16-. The number of H-pyrrole nitrogens is 1. The van der Waals surface area contributed by atoms with Gasteiger partial charge in [-0.2, -0.15) is 10.2 Å². The van der Waals surface area contributed by atoms with Crippen LogP contribution >= 0.6 is 11.6 Å². The lowest BCUT2D eigenvalue weighted by Crippen LogP contribution is -2.18. The number of amides is 1. The van der Waals surface area contributed by atoms with Gasteiger partial charge in [0.1, 0.15) is 23.8 Å². The van der Waals surface area contributed by atoms with Crippen LogP contribution in [0.3, 0.4) is 0 Å². The fraction of sp³-hybridized carbons (Fsp3) is 0.0357. The predicted molar refractivity (Wildman–Crippen MR) is 140 cm³/mol. The van der Waals surface area contributed by atoms with Crippen molar-refractivity contribution in [2.24, 2.45) is 5.10 Å². The number of carbonyl (C=O) groups excluding carboxylic acids is 1. The van der Waals surface area contributed by atoms with Crippen molar-refractivity contribution < 1.29 is 14.6 Å². The highest BCUT2D eigenvalue weighted by Crippen LogP contribution is 2.26. The van der Waals surface area contributed by atoms with Gasteiger partial charge in [0.2, 0.25) is 0 Å². The Labute approximate surface area is 212 Å². The molecule has 0 bridgehead atoms. The fourth-order valence-electron chi connectivity index (χ4n) is 3.71. The summed E-state index contributed by atoms with van der Waals surface area (Å²) in [4.78, 5) is 12.6. The van der Waals surface area contributed by atoms with Gasteiger partial charge in [0.15, 0.2) is 0 Å². The maximum atomic E-state index is 12.6. The minimum Gasteiger partial charge on any atom is -0.507 e. The molecule has 1 heterocycles. The van der Waals surface area contributed by atoms with Crippen LogP contribution in [0.5, 0.6) is 11.5 Å². The monoisotopic (exact) mass is 496 g/mol. The van der Waals surface area contributed by atoms with Crippen LogP contribution in [0, 0.1) is 0 Å². The van der Waals surface area contributed by atoms with Crippen LogP contribution in [0.1, 0.15) is 21.6 Å². The second kappa shape index (κ2) is 10.3. The van der Waals surface area contributed by atoms with Crippen molar-refractivity contribution in [1.29, 1.82) is 0 Å². The number of aromatic hydroxyl groups is 1. The van der Waals surface area contributed by atoms with Gasteiger partial charge in [-0.1, -0.05) is 66.2 Å². The first-order chi connectivity index (χ1) is 17.6. The number of carbonyl (C=O) groups is 1. The van der Waals surface area contributed by atoms with E-state index in [9.17, 15) is 9.90 Å². The van der Waals surface area contributed by atoms with Gasteiger partial charge < -0.3 is 9.84 Å². The van der Waals surface area contributed by atoms with Gasteiger partial charge in [-0.05, 0) is 52.7 Å². The molecule has 3 N–H and O–H groups in total. The number of hydrogen-bond acceptors (Lipinski definition) is 5. The molecule has 0 unspecified atom stereocenters. The van der Waals surface area contributed by atoms with Crippen LogP contribution in [0.4, 0.5) is 0 Å². The van der Waals surface area contributed by atoms with Crippen molar-refractivity contribution in [1.82, 2.24) is 15.6 Å². The minimum atomic E-state index is -0.458. The molecule has 0 aliphatic carbocycles. The molecular weight excluding hydrogens is 476 g/mol. The van der Waals surface area contributed by atoms with E-state index in [1.165, 1.54) is 6.21 Å². The Morgan fingerprint density at radius 1 is 1.03 bits per heavy atom. The number of ether oxygens (including phenoxy) is 1. The zero-order valence-corrected chi connectivity index (χ0v) is 19.7. The second-order valence-corrected chi connectivity index (χ2v) is 8.46. The lowest BCUT2D eigenvalue weighted by Gasteiger charge is -2.07. The zero-order valence-electron chi connectivity index (χ0n) is 19.0. The molecule has 178 valence electrons. The number of phenolic OH excluding ortho intramolecular Hbond substituents is 1. The Morgan fingerprint density at radius 2 is 1.86 bits per heavy atom. The quantitative estimate of drug-likeness (QED) is 0.192. The molecule has 36 heavy (non-hydrogen) atoms. The third-order valence-electron chi connectivity index (χ3n) is 5.58. The normalized spacial score (nSPS) is 11.1. The van der Waals surface area contributed by atoms with E-state index in [0.717, 1.165) is 21.9 Å². The number of hydrogen-bond donors (Lipinski definition) is 3. The lowest BCUT2D eigenvalue weighted by atomic mass is 10.0. The fourth-order valence-corrected chi connectivity index (χ4v) is 3.84. The molecule has 7 nitrogen and oxygen atoms in total. The first-order valence-electron chi connectivity index (χ1n) is 11.1. The van der Waals surface area contributed by atoms with Gasteiger partial charge in [0.25, 0.3) is 5.91 Å². The second-order valence-electron chi connectivity index (χ2n) is 8.03.